The van der Waals surface area contributed by atoms with E-state index in [0.29, 0.717) is 68.8 Å². The van der Waals surface area contributed by atoms with Crippen LogP contribution in [0, 0.1) is 37.0 Å². The average molecular weight is 1400 g/mol. The molecule has 25 heteroatoms. The van der Waals surface area contributed by atoms with Crippen LogP contribution in [0.3, 0.4) is 0 Å². The fraction of sp³-hybridized carbons (Fsp3) is 0.649. The van der Waals surface area contributed by atoms with Crippen LogP contribution in [0.5, 0.6) is 5.75 Å². The van der Waals surface area contributed by atoms with Gasteiger partial charge in [0.1, 0.15) is 17.8 Å². The Labute approximate surface area is 511 Å². The van der Waals surface area contributed by atoms with Crippen molar-refractivity contribution in [3.63, 3.8) is 0 Å². The molecule has 1 heterocycles. The zero-order valence-electron chi connectivity index (χ0n) is 49.6. The Morgan fingerprint density at radius 3 is 1.96 bits per heavy atom. The number of rotatable bonds is 36. The number of hydrogen-bond acceptors (Lipinski definition) is 14. The van der Waals surface area contributed by atoms with Crippen LogP contribution in [-0.2, 0) is 57.0 Å². The topological polar surface area (TPSA) is 298 Å². The van der Waals surface area contributed by atoms with Gasteiger partial charge in [0.05, 0.1) is 13.1 Å². The summed E-state index contributed by atoms with van der Waals surface area (Å²) in [4.78, 5) is 100. The van der Waals surface area contributed by atoms with Gasteiger partial charge in [0.15, 0.2) is 0 Å². The van der Waals surface area contributed by atoms with Gasteiger partial charge in [0.2, 0.25) is 23.6 Å². The Bertz CT molecular complexity index is 2290. The molecule has 3 rings (SSSR count). The summed E-state index contributed by atoms with van der Waals surface area (Å²) in [7, 11) is -4.22. The Hall–Kier alpha value is -4.92. The minimum absolute atomic E-state index is 0. The summed E-state index contributed by atoms with van der Waals surface area (Å²) in [5, 5.41) is 37.5. The molecule has 1 fully saturated rings. The number of likely N-dealkylation sites (tertiary alicyclic amines) is 1. The third-order valence-electron chi connectivity index (χ3n) is 12.5. The summed E-state index contributed by atoms with van der Waals surface area (Å²) in [6, 6.07) is 10.5. The molecule has 1 aliphatic heterocycles. The molecule has 0 aliphatic carbocycles. The average Bonchev–Trinajstić information content (AvgIpc) is 3.94. The molecular formula is C57H93BFN7O14SU-. The van der Waals surface area contributed by atoms with Gasteiger partial charge in [0.25, 0.3) is 5.91 Å². The fourth-order valence-corrected chi connectivity index (χ4v) is 8.61. The summed E-state index contributed by atoms with van der Waals surface area (Å²) in [6.07, 6.45) is 12.5. The van der Waals surface area contributed by atoms with Crippen LogP contribution in [0.1, 0.15) is 173 Å². The van der Waals surface area contributed by atoms with E-state index in [2.05, 4.69) is 58.0 Å². The second kappa shape index (κ2) is 47.4. The SMILES string of the molecule is CCC(C)CC(=O)O.CCCCCN(CCC)CC(=O)NCCCCC(NC(=O)CCc1cccc(OS(=O)(=O)F)c1)C(=O)NCc1cccc(C(=O)NC(C)C(=O)N2CCCC2[B]O)c1.CCCN(CCC)CC(=O)O.CC[C-]=O.[U]. The van der Waals surface area contributed by atoms with Crippen molar-refractivity contribution in [1.82, 2.24) is 36.0 Å². The predicted octanol–water partition coefficient (Wildman–Crippen LogP) is 6.09. The third kappa shape index (κ3) is 38.8. The van der Waals surface area contributed by atoms with Gasteiger partial charge in [-0.25, -0.2) is 0 Å². The molecule has 0 aromatic heterocycles. The minimum atomic E-state index is -5.22. The zero-order valence-corrected chi connectivity index (χ0v) is 54.6. The quantitative estimate of drug-likeness (QED) is 0.0176. The molecule has 0 spiro atoms. The first-order chi connectivity index (χ1) is 38.5. The number of hydrogen-bond donors (Lipinski definition) is 7. The first-order valence-electron chi connectivity index (χ1n) is 28.5. The molecule has 461 valence electrons. The van der Waals surface area contributed by atoms with Crippen LogP contribution in [0.4, 0.5) is 3.89 Å². The Balaban J connectivity index is 0. The molecule has 4 atom stereocenters. The van der Waals surface area contributed by atoms with Crippen LogP contribution >= 0.6 is 0 Å². The van der Waals surface area contributed by atoms with E-state index >= 15 is 0 Å². The number of carboxylic acids is 2. The van der Waals surface area contributed by atoms with Gasteiger partial charge in [-0.1, -0.05) is 95.9 Å². The Kier molecular flexibility index (Phi) is 45.8. The van der Waals surface area contributed by atoms with Gasteiger partial charge in [0, 0.05) is 75.1 Å². The van der Waals surface area contributed by atoms with Crippen molar-refractivity contribution in [2.24, 2.45) is 5.92 Å². The van der Waals surface area contributed by atoms with Crippen LogP contribution < -0.4 is 25.5 Å². The number of nitrogens with one attached hydrogen (secondary N) is 4. The van der Waals surface area contributed by atoms with Crippen LogP contribution in [0.15, 0.2) is 48.5 Å². The summed E-state index contributed by atoms with van der Waals surface area (Å²) in [6.45, 7) is 20.5. The Morgan fingerprint density at radius 1 is 0.793 bits per heavy atom. The maximum Gasteiger partial charge on any atom is 0.488 e. The zero-order chi connectivity index (χ0) is 61.2. The smallest absolute Gasteiger partial charge is 0.488 e. The number of carbonyl (C=O) groups excluding carboxylic acids is 6. The Morgan fingerprint density at radius 2 is 1.41 bits per heavy atom. The van der Waals surface area contributed by atoms with Gasteiger partial charge in [-0.05, 0) is 139 Å². The summed E-state index contributed by atoms with van der Waals surface area (Å²) < 4.78 is 39.1. The largest absolute Gasteiger partial charge is 0.542 e. The third-order valence-corrected chi connectivity index (χ3v) is 12.9. The van der Waals surface area contributed by atoms with Gasteiger partial charge in [-0.15, -0.1) is 0 Å². The number of carbonyl (C=O) groups is 7. The van der Waals surface area contributed by atoms with E-state index in [9.17, 15) is 50.9 Å². The molecule has 5 amide bonds. The predicted molar refractivity (Wildman–Crippen MR) is 311 cm³/mol. The van der Waals surface area contributed by atoms with E-state index in [4.69, 9.17) is 15.0 Å². The number of halogens is 1. The van der Waals surface area contributed by atoms with Crippen molar-refractivity contribution >= 4 is 65.7 Å². The first kappa shape index (κ1) is 79.1. The number of aryl methyl sites for hydroxylation is 1. The van der Waals surface area contributed by atoms with E-state index in [1.165, 1.54) is 23.1 Å². The first-order valence-corrected chi connectivity index (χ1v) is 29.8. The standard InChI is InChI=1S/C40H59BFN6O9S.C8H17NO2.C6H12O2.C3H5O.U/c1-4-6-9-23-47(22-5-2)28-37(50)43-21-8-7-17-34(46-36(49)20-19-30-13-11-16-33(26-30)57-58(42,55)56)39(52)44-27-31-14-10-15-32(25-31)38(51)45-29(3)40(53)48-24-12-18-35(48)41-54;1-3-5-9(6-4-2)7-8(10)11;1-3-5(2)4-6(7)8;1-2-3-4;/h10-11,13-16,25-26,29,34-35,54H,4-9,12,17-24,27-28H2,1-3H3,(H,43,50)(H,44,52)(H,45,51)(H,46,49);3-7H2,1-2H3,(H,10,11);5H,3-4H2,1-2H3,(H,7,8);2H2,1H3;/q;;;-1;. The van der Waals surface area contributed by atoms with Crippen LogP contribution in [-0.4, -0.2) is 164 Å². The molecule has 0 bridgehead atoms. The van der Waals surface area contributed by atoms with E-state index in [0.717, 1.165) is 85.0 Å². The van der Waals surface area contributed by atoms with Crippen molar-refractivity contribution in [2.45, 2.75) is 183 Å². The molecule has 4 unspecified atom stereocenters. The number of unbranched alkanes of at least 4 members (excludes halogenated alkanes) is 3. The molecule has 2 aromatic rings. The number of benzene rings is 2. The monoisotopic (exact) mass is 1400 g/mol. The normalized spacial score (nSPS) is 13.6. The maximum absolute atomic E-state index is 13.5. The van der Waals surface area contributed by atoms with Crippen LogP contribution in [0.2, 0.25) is 0 Å². The molecule has 0 saturated carbocycles. The molecule has 7 N–H and O–H groups in total. The van der Waals surface area contributed by atoms with Crippen molar-refractivity contribution in [1.29, 1.82) is 0 Å². The summed E-state index contributed by atoms with van der Waals surface area (Å²) in [5.41, 5.74) is 1.40. The van der Waals surface area contributed by atoms with E-state index in [-0.39, 0.29) is 92.5 Å². The van der Waals surface area contributed by atoms with Gasteiger partial charge < -0.3 is 50.4 Å². The van der Waals surface area contributed by atoms with E-state index in [1.54, 1.807) is 50.5 Å². The molecule has 1 aliphatic rings. The molecule has 21 nitrogen and oxygen atoms in total. The van der Waals surface area contributed by atoms with E-state index in [1.807, 2.05) is 18.7 Å². The number of nitrogens with zero attached hydrogens (tertiary/aromatic N) is 3. The second-order valence-corrected chi connectivity index (χ2v) is 20.8. The molecular weight excluding hydrogens is 1310 g/mol. The fourth-order valence-electron chi connectivity index (χ4n) is 8.28. The minimum Gasteiger partial charge on any atom is -0.542 e. The second-order valence-electron chi connectivity index (χ2n) is 19.9. The number of amides is 5. The maximum atomic E-state index is 13.5. The molecule has 1 saturated heterocycles. The van der Waals surface area contributed by atoms with Crippen molar-refractivity contribution in [3.05, 3.63) is 65.2 Å². The molecule has 82 heavy (non-hydrogen) atoms. The van der Waals surface area contributed by atoms with Crippen molar-refractivity contribution in [3.8, 4) is 5.75 Å². The van der Waals surface area contributed by atoms with Crippen molar-refractivity contribution in [2.75, 3.05) is 52.4 Å². The van der Waals surface area contributed by atoms with E-state index < -0.39 is 52.2 Å². The van der Waals surface area contributed by atoms with Gasteiger partial charge in [-0.2, -0.15) is 14.8 Å². The number of aliphatic carboxylic acids is 2. The van der Waals surface area contributed by atoms with Crippen molar-refractivity contribution < 1.29 is 101 Å². The van der Waals surface area contributed by atoms with Gasteiger partial charge >= 0.3 is 29.9 Å². The van der Waals surface area contributed by atoms with Gasteiger partial charge in [-0.3, -0.25) is 49.6 Å². The summed E-state index contributed by atoms with van der Waals surface area (Å²) in [5.74, 6) is -3.47. The summed E-state index contributed by atoms with van der Waals surface area (Å²) >= 11 is 0. The van der Waals surface area contributed by atoms with Crippen LogP contribution in [0.25, 0.3) is 0 Å². The molecule has 2 aromatic carbocycles. The number of carboxylic acid groups (broad SMARTS) is 2. The molecule has 1 radical (unpaired) electrons.